The molecular formula is C22H17ClF3N5O3S. The van der Waals surface area contributed by atoms with Crippen molar-refractivity contribution in [2.45, 2.75) is 11.2 Å². The summed E-state index contributed by atoms with van der Waals surface area (Å²) in [5.41, 5.74) is 0.137. The number of anilines is 1. The lowest BCUT2D eigenvalue weighted by Crippen LogP contribution is -2.15. The summed E-state index contributed by atoms with van der Waals surface area (Å²) in [5.74, 6) is 0.864. The van der Waals surface area contributed by atoms with Crippen molar-refractivity contribution < 1.29 is 27.4 Å². The van der Waals surface area contributed by atoms with Crippen molar-refractivity contribution in [2.75, 3.05) is 25.3 Å². The molecular weight excluding hydrogens is 507 g/mol. The Morgan fingerprint density at radius 2 is 1.83 bits per heavy atom. The Hall–Kier alpha value is -3.51. The average Bonchev–Trinajstić information content (AvgIpc) is 3.26. The van der Waals surface area contributed by atoms with Gasteiger partial charge in [0, 0.05) is 5.56 Å². The van der Waals surface area contributed by atoms with Gasteiger partial charge >= 0.3 is 6.18 Å². The van der Waals surface area contributed by atoms with E-state index in [4.69, 9.17) is 21.1 Å². The van der Waals surface area contributed by atoms with Crippen molar-refractivity contribution in [1.82, 2.24) is 19.8 Å². The van der Waals surface area contributed by atoms with Crippen molar-refractivity contribution in [1.29, 1.82) is 0 Å². The first-order chi connectivity index (χ1) is 16.7. The second-order valence-electron chi connectivity index (χ2n) is 7.06. The zero-order valence-corrected chi connectivity index (χ0v) is 19.8. The standard InChI is InChI=1S/C22H17ClF3N5O3S/c1-33-16-6-3-12(9-17(16)34-2)21-29-28-18-7-8-20(30-31(18)21)35-11-19(32)27-15-10-13(22(24,25)26)4-5-14(15)23/h3-10H,11H2,1-2H3,(H,27,32). The smallest absolute Gasteiger partial charge is 0.416 e. The van der Waals surface area contributed by atoms with Crippen LogP contribution in [0.25, 0.3) is 17.0 Å². The Labute approximate surface area is 206 Å². The molecule has 2 aromatic heterocycles. The van der Waals surface area contributed by atoms with Crippen molar-refractivity contribution in [3.8, 4) is 22.9 Å². The minimum atomic E-state index is -4.55. The van der Waals surface area contributed by atoms with E-state index >= 15 is 0 Å². The number of aromatic nitrogens is 4. The van der Waals surface area contributed by atoms with E-state index in [0.717, 1.165) is 30.0 Å². The van der Waals surface area contributed by atoms with Crippen LogP contribution in [0, 0.1) is 0 Å². The van der Waals surface area contributed by atoms with E-state index in [2.05, 4.69) is 20.6 Å². The second kappa shape index (κ2) is 10.0. The Morgan fingerprint density at radius 1 is 1.06 bits per heavy atom. The van der Waals surface area contributed by atoms with Crippen LogP contribution in [-0.4, -0.2) is 45.7 Å². The Bertz CT molecular complexity index is 1400. The van der Waals surface area contributed by atoms with E-state index in [0.29, 0.717) is 33.6 Å². The number of thioether (sulfide) groups is 1. The minimum Gasteiger partial charge on any atom is -0.493 e. The third kappa shape index (κ3) is 5.43. The largest absolute Gasteiger partial charge is 0.493 e. The van der Waals surface area contributed by atoms with E-state index in [9.17, 15) is 18.0 Å². The molecule has 13 heteroatoms. The average molecular weight is 524 g/mol. The molecule has 0 fully saturated rings. The monoisotopic (exact) mass is 523 g/mol. The molecule has 0 unspecified atom stereocenters. The third-order valence-electron chi connectivity index (χ3n) is 4.80. The van der Waals surface area contributed by atoms with Crippen LogP contribution in [0.2, 0.25) is 5.02 Å². The quantitative estimate of drug-likeness (QED) is 0.332. The number of ether oxygens (including phenoxy) is 2. The number of amides is 1. The molecule has 0 saturated heterocycles. The molecule has 4 rings (SSSR count). The molecule has 0 atom stereocenters. The third-order valence-corrected chi connectivity index (χ3v) is 6.05. The lowest BCUT2D eigenvalue weighted by atomic mass is 10.2. The molecule has 0 radical (unpaired) electrons. The fraction of sp³-hybridized carbons (Fsp3) is 0.182. The fourth-order valence-electron chi connectivity index (χ4n) is 3.13. The molecule has 1 amide bonds. The number of nitrogens with zero attached hydrogens (tertiary/aromatic N) is 4. The molecule has 0 aliphatic heterocycles. The van der Waals surface area contributed by atoms with Gasteiger partial charge in [-0.05, 0) is 48.5 Å². The van der Waals surface area contributed by atoms with Crippen LogP contribution in [0.5, 0.6) is 11.5 Å². The Morgan fingerprint density at radius 3 is 2.54 bits per heavy atom. The van der Waals surface area contributed by atoms with Crippen LogP contribution in [-0.2, 0) is 11.0 Å². The number of rotatable bonds is 7. The number of hydrogen-bond donors (Lipinski definition) is 1. The van der Waals surface area contributed by atoms with Crippen LogP contribution in [0.4, 0.5) is 18.9 Å². The molecule has 0 saturated carbocycles. The normalized spacial score (nSPS) is 11.5. The van der Waals surface area contributed by atoms with Crippen LogP contribution in [0.15, 0.2) is 53.6 Å². The van der Waals surface area contributed by atoms with Gasteiger partial charge in [-0.3, -0.25) is 4.79 Å². The molecule has 2 aromatic carbocycles. The van der Waals surface area contributed by atoms with Gasteiger partial charge in [-0.2, -0.15) is 22.8 Å². The number of fused-ring (bicyclic) bond motifs is 1. The van der Waals surface area contributed by atoms with Gasteiger partial charge in [0.05, 0.1) is 36.2 Å². The van der Waals surface area contributed by atoms with Gasteiger partial charge in [-0.1, -0.05) is 23.4 Å². The van der Waals surface area contributed by atoms with Crippen molar-refractivity contribution in [3.63, 3.8) is 0 Å². The first-order valence-electron chi connectivity index (χ1n) is 9.94. The van der Waals surface area contributed by atoms with E-state index in [1.54, 1.807) is 30.3 Å². The van der Waals surface area contributed by atoms with Crippen LogP contribution in [0.1, 0.15) is 5.56 Å². The fourth-order valence-corrected chi connectivity index (χ4v) is 3.95. The van der Waals surface area contributed by atoms with Gasteiger partial charge < -0.3 is 14.8 Å². The van der Waals surface area contributed by atoms with Crippen LogP contribution in [0.3, 0.4) is 0 Å². The van der Waals surface area contributed by atoms with E-state index in [1.807, 2.05) is 0 Å². The highest BCUT2D eigenvalue weighted by molar-refractivity contribution is 7.99. The maximum atomic E-state index is 12.9. The van der Waals surface area contributed by atoms with Crippen LogP contribution >= 0.6 is 23.4 Å². The highest BCUT2D eigenvalue weighted by atomic mass is 35.5. The topological polar surface area (TPSA) is 90.6 Å². The lowest BCUT2D eigenvalue weighted by Gasteiger charge is -2.11. The molecule has 0 aliphatic rings. The Kier molecular flexibility index (Phi) is 7.03. The predicted octanol–water partition coefficient (Wildman–Crippen LogP) is 5.21. The molecule has 4 aromatic rings. The highest BCUT2D eigenvalue weighted by Crippen LogP contribution is 2.34. The number of benzene rings is 2. The maximum Gasteiger partial charge on any atom is 0.416 e. The molecule has 2 heterocycles. The van der Waals surface area contributed by atoms with Gasteiger partial charge in [0.2, 0.25) is 5.91 Å². The molecule has 35 heavy (non-hydrogen) atoms. The summed E-state index contributed by atoms with van der Waals surface area (Å²) < 4.78 is 51.0. The zero-order chi connectivity index (χ0) is 25.2. The lowest BCUT2D eigenvalue weighted by molar-refractivity contribution is -0.137. The zero-order valence-electron chi connectivity index (χ0n) is 18.3. The van der Waals surface area contributed by atoms with E-state index < -0.39 is 17.6 Å². The Balaban J connectivity index is 1.51. The van der Waals surface area contributed by atoms with Gasteiger partial charge in [0.15, 0.2) is 23.0 Å². The van der Waals surface area contributed by atoms with Gasteiger partial charge in [-0.25, -0.2) is 0 Å². The summed E-state index contributed by atoms with van der Waals surface area (Å²) in [6.07, 6.45) is -4.55. The molecule has 1 N–H and O–H groups in total. The number of alkyl halides is 3. The summed E-state index contributed by atoms with van der Waals surface area (Å²) in [6, 6.07) is 11.3. The summed E-state index contributed by atoms with van der Waals surface area (Å²) in [6.45, 7) is 0. The predicted molar refractivity (Wildman–Crippen MR) is 125 cm³/mol. The first-order valence-corrected chi connectivity index (χ1v) is 11.3. The van der Waals surface area contributed by atoms with E-state index in [1.165, 1.54) is 18.7 Å². The molecule has 8 nitrogen and oxygen atoms in total. The highest BCUT2D eigenvalue weighted by Gasteiger charge is 2.31. The summed E-state index contributed by atoms with van der Waals surface area (Å²) in [4.78, 5) is 12.4. The van der Waals surface area contributed by atoms with Gasteiger partial charge in [0.25, 0.3) is 0 Å². The SMILES string of the molecule is COc1ccc(-c2nnc3ccc(SCC(=O)Nc4cc(C(F)(F)F)ccc4Cl)nn23)cc1OC. The van der Waals surface area contributed by atoms with Crippen LogP contribution < -0.4 is 14.8 Å². The molecule has 0 spiro atoms. The van der Waals surface area contributed by atoms with Gasteiger partial charge in [-0.15, -0.1) is 10.2 Å². The van der Waals surface area contributed by atoms with Crippen molar-refractivity contribution >= 4 is 40.6 Å². The first kappa shape index (κ1) is 24.6. The molecule has 0 aliphatic carbocycles. The number of carbonyl (C=O) groups is 1. The minimum absolute atomic E-state index is 0.0000500. The summed E-state index contributed by atoms with van der Waals surface area (Å²) >= 11 is 7.03. The second-order valence-corrected chi connectivity index (χ2v) is 8.47. The summed E-state index contributed by atoms with van der Waals surface area (Å²) in [5, 5.41) is 15.7. The van der Waals surface area contributed by atoms with Crippen molar-refractivity contribution in [2.24, 2.45) is 0 Å². The number of methoxy groups -OCH3 is 2. The van der Waals surface area contributed by atoms with Crippen molar-refractivity contribution in [3.05, 3.63) is 59.1 Å². The van der Waals surface area contributed by atoms with E-state index in [-0.39, 0.29) is 16.5 Å². The molecule has 182 valence electrons. The molecule has 0 bridgehead atoms. The number of halogens is 4. The summed E-state index contributed by atoms with van der Waals surface area (Å²) in [7, 11) is 3.06. The maximum absolute atomic E-state index is 12.9. The number of nitrogens with one attached hydrogen (secondary N) is 1. The number of hydrogen-bond acceptors (Lipinski definition) is 7. The number of carbonyl (C=O) groups excluding carboxylic acids is 1. The van der Waals surface area contributed by atoms with Gasteiger partial charge in [0.1, 0.15) is 5.03 Å².